The molecule has 0 radical (unpaired) electrons. The number of carbonyl (C=O) groups excluding carboxylic acids is 1. The third kappa shape index (κ3) is 2.03. The predicted octanol–water partition coefficient (Wildman–Crippen LogP) is 1.28. The number of hydrogen-bond donors (Lipinski definition) is 1. The van der Waals surface area contributed by atoms with Gasteiger partial charge in [0.1, 0.15) is 0 Å². The third-order valence-corrected chi connectivity index (χ3v) is 3.97. The maximum atomic E-state index is 11.7. The Morgan fingerprint density at radius 3 is 2.47 bits per heavy atom. The molecule has 0 aromatic rings. The molecule has 3 heteroatoms. The van der Waals surface area contributed by atoms with Crippen LogP contribution in [0.15, 0.2) is 0 Å². The molecule has 1 heterocycles. The zero-order valence-corrected chi connectivity index (χ0v) is 9.24. The summed E-state index contributed by atoms with van der Waals surface area (Å²) in [5.74, 6) is 0.382. The molecule has 0 aromatic heterocycles. The number of rotatable bonds is 3. The summed E-state index contributed by atoms with van der Waals surface area (Å²) < 4.78 is 0. The van der Waals surface area contributed by atoms with Gasteiger partial charge in [0.2, 0.25) is 5.91 Å². The first-order chi connectivity index (χ1) is 7.33. The number of nitrogens with one attached hydrogen (secondary N) is 1. The van der Waals surface area contributed by atoms with Gasteiger partial charge in [-0.05, 0) is 25.7 Å². The molecule has 0 spiro atoms. The minimum atomic E-state index is 0.382. The Kier molecular flexibility index (Phi) is 2.43. The lowest BCUT2D eigenvalue weighted by atomic mass is 10.2. The molecule has 1 unspecified atom stereocenters. The lowest BCUT2D eigenvalue weighted by Gasteiger charge is -2.19. The van der Waals surface area contributed by atoms with Crippen LogP contribution < -0.4 is 5.32 Å². The molecule has 15 heavy (non-hydrogen) atoms. The molecule has 1 amide bonds. The van der Waals surface area contributed by atoms with Crippen molar-refractivity contribution in [2.45, 2.75) is 63.1 Å². The molecule has 3 fully saturated rings. The van der Waals surface area contributed by atoms with Gasteiger partial charge >= 0.3 is 0 Å². The summed E-state index contributed by atoms with van der Waals surface area (Å²) in [5, 5.41) is 3.66. The van der Waals surface area contributed by atoms with Gasteiger partial charge in [0.15, 0.2) is 0 Å². The van der Waals surface area contributed by atoms with Gasteiger partial charge in [-0.25, -0.2) is 0 Å². The van der Waals surface area contributed by atoms with Gasteiger partial charge in [0.05, 0.1) is 0 Å². The molecule has 0 aromatic carbocycles. The fraction of sp³-hybridized carbons (Fsp3) is 0.917. The van der Waals surface area contributed by atoms with Crippen molar-refractivity contribution in [2.24, 2.45) is 0 Å². The van der Waals surface area contributed by atoms with Gasteiger partial charge in [0, 0.05) is 31.1 Å². The van der Waals surface area contributed by atoms with E-state index < -0.39 is 0 Å². The minimum Gasteiger partial charge on any atom is -0.338 e. The standard InChI is InChI=1S/C12H20N2O/c15-12-7-10(8-14(12)11-5-6-11)13-9-3-1-2-4-9/h9-11,13H,1-8H2. The third-order valence-electron chi connectivity index (χ3n) is 3.97. The van der Waals surface area contributed by atoms with Crippen LogP contribution in [-0.2, 0) is 4.79 Å². The highest BCUT2D eigenvalue weighted by atomic mass is 16.2. The van der Waals surface area contributed by atoms with Crippen LogP contribution in [0.2, 0.25) is 0 Å². The topological polar surface area (TPSA) is 32.3 Å². The summed E-state index contributed by atoms with van der Waals surface area (Å²) in [6.45, 7) is 0.972. The van der Waals surface area contributed by atoms with Crippen LogP contribution in [0.1, 0.15) is 44.9 Å². The molecule has 3 nitrogen and oxygen atoms in total. The van der Waals surface area contributed by atoms with E-state index in [1.54, 1.807) is 0 Å². The molecule has 0 bridgehead atoms. The zero-order valence-electron chi connectivity index (χ0n) is 9.24. The second kappa shape index (κ2) is 3.78. The van der Waals surface area contributed by atoms with E-state index in [2.05, 4.69) is 10.2 Å². The van der Waals surface area contributed by atoms with E-state index in [0.717, 1.165) is 13.0 Å². The first-order valence-electron chi connectivity index (χ1n) is 6.38. The first kappa shape index (κ1) is 9.64. The highest BCUT2D eigenvalue weighted by molar-refractivity contribution is 5.80. The van der Waals surface area contributed by atoms with E-state index in [9.17, 15) is 4.79 Å². The lowest BCUT2D eigenvalue weighted by molar-refractivity contribution is -0.128. The van der Waals surface area contributed by atoms with Crippen molar-refractivity contribution < 1.29 is 4.79 Å². The summed E-state index contributed by atoms with van der Waals surface area (Å²) in [5.41, 5.74) is 0. The maximum absolute atomic E-state index is 11.7. The van der Waals surface area contributed by atoms with Crippen LogP contribution in [0.25, 0.3) is 0 Å². The number of amides is 1. The largest absolute Gasteiger partial charge is 0.338 e. The predicted molar refractivity (Wildman–Crippen MR) is 58.5 cm³/mol. The molecule has 1 atom stereocenters. The zero-order chi connectivity index (χ0) is 10.3. The lowest BCUT2D eigenvalue weighted by Crippen LogP contribution is -2.39. The van der Waals surface area contributed by atoms with Crippen LogP contribution in [0.3, 0.4) is 0 Å². The molecule has 3 aliphatic rings. The average Bonchev–Trinajstić information content (AvgIpc) is 2.81. The summed E-state index contributed by atoms with van der Waals surface area (Å²) in [7, 11) is 0. The number of carbonyl (C=O) groups is 1. The van der Waals surface area contributed by atoms with Gasteiger partial charge in [-0.3, -0.25) is 4.79 Å². The fourth-order valence-electron chi connectivity index (χ4n) is 3.01. The smallest absolute Gasteiger partial charge is 0.224 e. The van der Waals surface area contributed by atoms with Crippen molar-refractivity contribution in [1.82, 2.24) is 10.2 Å². The fourth-order valence-corrected chi connectivity index (χ4v) is 3.01. The van der Waals surface area contributed by atoms with Crippen molar-refractivity contribution in [1.29, 1.82) is 0 Å². The summed E-state index contributed by atoms with van der Waals surface area (Å²) in [6, 6.07) is 1.75. The van der Waals surface area contributed by atoms with Gasteiger partial charge in [-0.1, -0.05) is 12.8 Å². The Hall–Kier alpha value is -0.570. The van der Waals surface area contributed by atoms with E-state index >= 15 is 0 Å². The van der Waals surface area contributed by atoms with Crippen LogP contribution in [-0.4, -0.2) is 35.5 Å². The SMILES string of the molecule is O=C1CC(NC2CCCC2)CN1C1CC1. The molecule has 84 valence electrons. The van der Waals surface area contributed by atoms with Crippen LogP contribution in [0.4, 0.5) is 0 Å². The second-order valence-corrected chi connectivity index (χ2v) is 5.33. The number of nitrogens with zero attached hydrogens (tertiary/aromatic N) is 1. The number of likely N-dealkylation sites (tertiary alicyclic amines) is 1. The van der Waals surface area contributed by atoms with E-state index in [1.807, 2.05) is 0 Å². The van der Waals surface area contributed by atoms with Crippen molar-refractivity contribution in [3.05, 3.63) is 0 Å². The van der Waals surface area contributed by atoms with Crippen LogP contribution in [0, 0.1) is 0 Å². The maximum Gasteiger partial charge on any atom is 0.224 e. The Balaban J connectivity index is 1.52. The number of hydrogen-bond acceptors (Lipinski definition) is 2. The first-order valence-corrected chi connectivity index (χ1v) is 6.38. The van der Waals surface area contributed by atoms with E-state index in [0.29, 0.717) is 24.0 Å². The summed E-state index contributed by atoms with van der Waals surface area (Å²) in [4.78, 5) is 13.8. The highest BCUT2D eigenvalue weighted by Crippen LogP contribution is 2.31. The van der Waals surface area contributed by atoms with E-state index in [1.165, 1.54) is 38.5 Å². The van der Waals surface area contributed by atoms with Crippen molar-refractivity contribution in [3.8, 4) is 0 Å². The molecule has 1 saturated heterocycles. The average molecular weight is 208 g/mol. The Labute approximate surface area is 91.2 Å². The molecule has 3 rings (SSSR count). The molecule has 1 aliphatic heterocycles. The van der Waals surface area contributed by atoms with Gasteiger partial charge in [-0.2, -0.15) is 0 Å². The monoisotopic (exact) mass is 208 g/mol. The van der Waals surface area contributed by atoms with Crippen molar-refractivity contribution in [3.63, 3.8) is 0 Å². The van der Waals surface area contributed by atoms with Crippen LogP contribution in [0.5, 0.6) is 0 Å². The Morgan fingerprint density at radius 1 is 1.07 bits per heavy atom. The van der Waals surface area contributed by atoms with Crippen LogP contribution >= 0.6 is 0 Å². The molecular formula is C12H20N2O. The quantitative estimate of drug-likeness (QED) is 0.758. The highest BCUT2D eigenvalue weighted by Gasteiger charge is 2.39. The molecular weight excluding hydrogens is 188 g/mol. The second-order valence-electron chi connectivity index (χ2n) is 5.33. The Morgan fingerprint density at radius 2 is 1.80 bits per heavy atom. The molecule has 1 N–H and O–H groups in total. The van der Waals surface area contributed by atoms with Crippen molar-refractivity contribution >= 4 is 5.91 Å². The summed E-state index contributed by atoms with van der Waals surface area (Å²) >= 11 is 0. The summed E-state index contributed by atoms with van der Waals surface area (Å²) in [6.07, 6.45) is 8.58. The van der Waals surface area contributed by atoms with Gasteiger partial charge in [-0.15, -0.1) is 0 Å². The van der Waals surface area contributed by atoms with Gasteiger partial charge < -0.3 is 10.2 Å². The van der Waals surface area contributed by atoms with Gasteiger partial charge in [0.25, 0.3) is 0 Å². The molecule has 2 aliphatic carbocycles. The van der Waals surface area contributed by atoms with E-state index in [-0.39, 0.29) is 0 Å². The normalized spacial score (nSPS) is 32.9. The van der Waals surface area contributed by atoms with Crippen molar-refractivity contribution in [2.75, 3.05) is 6.54 Å². The molecule has 2 saturated carbocycles. The minimum absolute atomic E-state index is 0.382. The van der Waals surface area contributed by atoms with E-state index in [4.69, 9.17) is 0 Å². The Bertz CT molecular complexity index is 256.